The van der Waals surface area contributed by atoms with Gasteiger partial charge in [-0.25, -0.2) is 22.3 Å². The van der Waals surface area contributed by atoms with Crippen LogP contribution in [0.5, 0.6) is 0 Å². The van der Waals surface area contributed by atoms with E-state index in [-0.39, 0.29) is 30.5 Å². The summed E-state index contributed by atoms with van der Waals surface area (Å²) in [6.07, 6.45) is 4.08. The number of benzene rings is 1. The number of carbonyl (C=O) groups is 1. The van der Waals surface area contributed by atoms with Crippen molar-refractivity contribution < 1.29 is 22.3 Å². The molecule has 2 aromatic rings. The Morgan fingerprint density at radius 2 is 2.18 bits per heavy atom. The molecule has 28 heavy (non-hydrogen) atoms. The molecule has 2 aliphatic rings. The summed E-state index contributed by atoms with van der Waals surface area (Å²) in [6, 6.07) is 4.29. The maximum atomic E-state index is 14.7. The first-order valence-electron chi connectivity index (χ1n) is 8.87. The molecule has 0 aliphatic carbocycles. The highest BCUT2D eigenvalue weighted by molar-refractivity contribution is 7.91. The predicted octanol–water partition coefficient (Wildman–Crippen LogP) is 2.21. The van der Waals surface area contributed by atoms with E-state index in [2.05, 4.69) is 10.3 Å². The van der Waals surface area contributed by atoms with Crippen molar-refractivity contribution in [3.8, 4) is 0 Å². The van der Waals surface area contributed by atoms with Crippen LogP contribution in [-0.2, 0) is 14.6 Å². The molecule has 8 nitrogen and oxygen atoms in total. The molecule has 3 heterocycles. The van der Waals surface area contributed by atoms with Crippen LogP contribution in [0, 0.1) is 5.82 Å². The number of nitrogens with zero attached hydrogens (tertiary/aromatic N) is 4. The zero-order chi connectivity index (χ0) is 19.9. The molecule has 1 fully saturated rings. The molecule has 1 aromatic carbocycles. The number of halogens is 1. The van der Waals surface area contributed by atoms with Crippen LogP contribution in [0.2, 0.25) is 0 Å². The summed E-state index contributed by atoms with van der Waals surface area (Å²) in [5, 5.41) is 7.67. The predicted molar refractivity (Wildman–Crippen MR) is 100.0 cm³/mol. The Morgan fingerprint density at radius 3 is 2.82 bits per heavy atom. The lowest BCUT2D eigenvalue weighted by Gasteiger charge is -2.18. The van der Waals surface area contributed by atoms with Crippen LogP contribution in [0.25, 0.3) is 5.57 Å². The maximum Gasteiger partial charge on any atom is 0.414 e. The van der Waals surface area contributed by atoms with E-state index < -0.39 is 27.9 Å². The average molecular weight is 406 g/mol. The summed E-state index contributed by atoms with van der Waals surface area (Å²) in [4.78, 5) is 13.7. The summed E-state index contributed by atoms with van der Waals surface area (Å²) in [7, 11) is -3.08. The van der Waals surface area contributed by atoms with Crippen molar-refractivity contribution in [2.75, 3.05) is 23.0 Å². The molecule has 148 valence electrons. The summed E-state index contributed by atoms with van der Waals surface area (Å²) >= 11 is 0. The Hall–Kier alpha value is -2.75. The molecule has 0 N–H and O–H groups in total. The fourth-order valence-corrected chi connectivity index (χ4v) is 4.56. The first kappa shape index (κ1) is 18.6. The monoisotopic (exact) mass is 406 g/mol. The highest BCUT2D eigenvalue weighted by atomic mass is 32.2. The Balaban J connectivity index is 1.53. The van der Waals surface area contributed by atoms with Gasteiger partial charge < -0.3 is 4.74 Å². The fraction of sp³-hybridized carbons (Fsp3) is 0.389. The third-order valence-corrected chi connectivity index (χ3v) is 6.61. The number of aromatic nitrogens is 3. The first-order valence-corrected chi connectivity index (χ1v) is 10.7. The molecule has 0 spiro atoms. The van der Waals surface area contributed by atoms with Crippen molar-refractivity contribution in [1.29, 1.82) is 0 Å². The number of carbonyl (C=O) groups excluding carboxylic acids is 1. The van der Waals surface area contributed by atoms with Crippen molar-refractivity contribution in [2.24, 2.45) is 0 Å². The second-order valence-corrected chi connectivity index (χ2v) is 9.14. The minimum Gasteiger partial charge on any atom is -0.442 e. The van der Waals surface area contributed by atoms with Crippen molar-refractivity contribution in [3.63, 3.8) is 0 Å². The molecule has 4 rings (SSSR count). The van der Waals surface area contributed by atoms with Gasteiger partial charge in [0, 0.05) is 11.8 Å². The number of ether oxygens (including phenoxy) is 1. The molecule has 10 heteroatoms. The van der Waals surface area contributed by atoms with Gasteiger partial charge in [-0.05, 0) is 37.1 Å². The van der Waals surface area contributed by atoms with Crippen molar-refractivity contribution in [3.05, 3.63) is 48.0 Å². The molecule has 1 saturated heterocycles. The van der Waals surface area contributed by atoms with Gasteiger partial charge in [0.15, 0.2) is 9.84 Å². The normalized spacial score (nSPS) is 22.6. The second kappa shape index (κ2) is 7.01. The van der Waals surface area contributed by atoms with Gasteiger partial charge in [0.05, 0.1) is 36.0 Å². The van der Waals surface area contributed by atoms with Gasteiger partial charge in [0.2, 0.25) is 0 Å². The van der Waals surface area contributed by atoms with Crippen molar-refractivity contribution in [1.82, 2.24) is 15.0 Å². The summed E-state index contributed by atoms with van der Waals surface area (Å²) in [5.74, 6) is -0.562. The van der Waals surface area contributed by atoms with Gasteiger partial charge in [-0.15, -0.1) is 5.10 Å². The molecule has 0 saturated carbocycles. The molecule has 1 unspecified atom stereocenters. The zero-order valence-electron chi connectivity index (χ0n) is 15.2. The molecule has 2 aliphatic heterocycles. The SMILES string of the molecule is CC([C@H]1CN(c2ccc(C3=CCS(=O)(=O)CC3)c(F)c2)C(=O)O1)n1ccnn1. The smallest absolute Gasteiger partial charge is 0.414 e. The van der Waals surface area contributed by atoms with Gasteiger partial charge in [0.1, 0.15) is 11.9 Å². The number of anilines is 1. The largest absolute Gasteiger partial charge is 0.442 e. The summed E-state index contributed by atoms with van der Waals surface area (Å²) in [6.45, 7) is 2.13. The molecule has 1 aromatic heterocycles. The van der Waals surface area contributed by atoms with Crippen molar-refractivity contribution >= 4 is 27.2 Å². The van der Waals surface area contributed by atoms with Gasteiger partial charge in [-0.3, -0.25) is 4.90 Å². The van der Waals surface area contributed by atoms with Crippen LogP contribution in [0.4, 0.5) is 14.9 Å². The van der Waals surface area contributed by atoms with Crippen LogP contribution in [0.1, 0.15) is 24.9 Å². The summed E-state index contributed by atoms with van der Waals surface area (Å²) in [5.41, 5.74) is 1.42. The van der Waals surface area contributed by atoms with E-state index in [1.165, 1.54) is 11.0 Å². The molecular weight excluding hydrogens is 387 g/mol. The lowest BCUT2D eigenvalue weighted by atomic mass is 10.0. The van der Waals surface area contributed by atoms with Crippen LogP contribution in [-0.4, -0.2) is 53.7 Å². The standard InChI is InChI=1S/C18H19FN4O4S/c1-12(23-7-6-20-21-23)17-11-22(18(24)27-17)14-2-3-15(16(19)10-14)13-4-8-28(25,26)9-5-13/h2-4,6-7,10,12,17H,5,8-9,11H2,1H3/t12?,17-/m1/s1. The maximum absolute atomic E-state index is 14.7. The third-order valence-electron chi connectivity index (χ3n) is 5.11. The van der Waals surface area contributed by atoms with Gasteiger partial charge in [0.25, 0.3) is 0 Å². The van der Waals surface area contributed by atoms with E-state index >= 15 is 0 Å². The number of sulfone groups is 1. The molecule has 0 radical (unpaired) electrons. The Bertz CT molecular complexity index is 1040. The van der Waals surface area contributed by atoms with Crippen LogP contribution < -0.4 is 4.90 Å². The number of cyclic esters (lactones) is 1. The Kier molecular flexibility index (Phi) is 4.66. The van der Waals surface area contributed by atoms with Gasteiger partial charge >= 0.3 is 6.09 Å². The number of hydrogen-bond donors (Lipinski definition) is 0. The van der Waals surface area contributed by atoms with Crippen LogP contribution in [0.15, 0.2) is 36.7 Å². The number of hydrogen-bond acceptors (Lipinski definition) is 6. The molecule has 1 amide bonds. The highest BCUT2D eigenvalue weighted by Crippen LogP contribution is 2.31. The van der Waals surface area contributed by atoms with E-state index in [1.807, 2.05) is 6.92 Å². The molecule has 2 atom stereocenters. The minimum atomic E-state index is -3.08. The van der Waals surface area contributed by atoms with Crippen LogP contribution >= 0.6 is 0 Å². The zero-order valence-corrected chi connectivity index (χ0v) is 16.0. The topological polar surface area (TPSA) is 94.4 Å². The van der Waals surface area contributed by atoms with E-state index in [4.69, 9.17) is 4.74 Å². The van der Waals surface area contributed by atoms with Crippen molar-refractivity contribution in [2.45, 2.75) is 25.5 Å². The van der Waals surface area contributed by atoms with Gasteiger partial charge in [-0.1, -0.05) is 11.3 Å². The van der Waals surface area contributed by atoms with Gasteiger partial charge in [-0.2, -0.15) is 0 Å². The average Bonchev–Trinajstić information content (AvgIpc) is 3.31. The quantitative estimate of drug-likeness (QED) is 0.773. The van der Waals surface area contributed by atoms with E-state index in [0.29, 0.717) is 16.8 Å². The Labute approximate surface area is 161 Å². The molecule has 0 bridgehead atoms. The second-order valence-electron chi connectivity index (χ2n) is 6.91. The lowest BCUT2D eigenvalue weighted by molar-refractivity contribution is 0.109. The van der Waals surface area contributed by atoms with E-state index in [9.17, 15) is 17.6 Å². The van der Waals surface area contributed by atoms with E-state index in [1.54, 1.807) is 35.3 Å². The minimum absolute atomic E-state index is 0.0142. The fourth-order valence-electron chi connectivity index (χ4n) is 3.41. The highest BCUT2D eigenvalue weighted by Gasteiger charge is 2.37. The summed E-state index contributed by atoms with van der Waals surface area (Å²) < 4.78 is 44.8. The Morgan fingerprint density at radius 1 is 1.36 bits per heavy atom. The lowest BCUT2D eigenvalue weighted by Crippen LogP contribution is -2.28. The number of allylic oxidation sites excluding steroid dienone is 1. The van der Waals surface area contributed by atoms with Crippen LogP contribution in [0.3, 0.4) is 0 Å². The number of rotatable bonds is 4. The first-order chi connectivity index (χ1) is 13.3. The third kappa shape index (κ3) is 3.51. The number of amides is 1. The van der Waals surface area contributed by atoms with E-state index in [0.717, 1.165) is 0 Å². The molecular formula is C18H19FN4O4S.